The Labute approximate surface area is 153 Å². The van der Waals surface area contributed by atoms with Gasteiger partial charge in [-0.1, -0.05) is 0 Å². The van der Waals surface area contributed by atoms with Crippen molar-refractivity contribution in [2.75, 3.05) is 0 Å². The predicted molar refractivity (Wildman–Crippen MR) is 69.9 cm³/mol. The average molecular weight is 366 g/mol. The first-order valence-corrected chi connectivity index (χ1v) is 6.84. The maximum atomic E-state index is 2.33. The van der Waals surface area contributed by atoms with E-state index >= 15 is 0 Å². The van der Waals surface area contributed by atoms with Gasteiger partial charge in [0, 0.05) is 0 Å². The molecule has 0 saturated heterocycles. The largest absolute Gasteiger partial charge is 1.00 e. The molecule has 2 rings (SSSR count). The van der Waals surface area contributed by atoms with E-state index < -0.39 is 0 Å². The summed E-state index contributed by atoms with van der Waals surface area (Å²) < 4.78 is 0.118. The molecule has 0 aromatic heterocycles. The molecule has 1 aliphatic carbocycles. The molecule has 4 heteroatoms. The first kappa shape index (κ1) is 22.6. The Morgan fingerprint density at radius 1 is 0.850 bits per heavy atom. The smallest absolute Gasteiger partial charge is 1.00 e. The summed E-state index contributed by atoms with van der Waals surface area (Å²) >= 11 is 2.31. The van der Waals surface area contributed by atoms with E-state index in [-0.39, 0.29) is 46.4 Å². The van der Waals surface area contributed by atoms with Crippen LogP contribution in [0.1, 0.15) is 30.5 Å². The van der Waals surface area contributed by atoms with E-state index in [1.54, 1.807) is 0 Å². The standard InChI is InChI=1S/C16H19.3ClH.Ti/c1-12-9-13(2)11-15(10-12)16(3,4)14-7-5-6-8-14;;;;/h5-11H,1-4H3;3*1H;/q;;;;+3/p-3. The van der Waals surface area contributed by atoms with Gasteiger partial charge in [-0.3, -0.25) is 0 Å². The zero-order chi connectivity index (χ0) is 12.7. The summed E-state index contributed by atoms with van der Waals surface area (Å²) in [5.74, 6) is 0. The quantitative estimate of drug-likeness (QED) is 0.463. The van der Waals surface area contributed by atoms with Crippen molar-refractivity contribution in [3.05, 3.63) is 59.2 Å². The molecule has 0 heterocycles. The second kappa shape index (κ2) is 8.06. The van der Waals surface area contributed by atoms with E-state index in [1.807, 2.05) is 0 Å². The molecule has 0 nitrogen and oxygen atoms in total. The Morgan fingerprint density at radius 3 is 1.65 bits per heavy atom. The van der Waals surface area contributed by atoms with Gasteiger partial charge in [0.2, 0.25) is 0 Å². The van der Waals surface area contributed by atoms with Crippen molar-refractivity contribution >= 4 is 0 Å². The molecule has 0 spiro atoms. The Kier molecular flexibility index (Phi) is 9.09. The summed E-state index contributed by atoms with van der Waals surface area (Å²) in [4.78, 5) is 0. The van der Waals surface area contributed by atoms with Gasteiger partial charge in [0.1, 0.15) is 0 Å². The van der Waals surface area contributed by atoms with Crippen LogP contribution in [-0.2, 0) is 25.9 Å². The normalized spacial score (nSPS) is 15.1. The van der Waals surface area contributed by atoms with Crippen molar-refractivity contribution in [2.24, 2.45) is 0 Å². The molecule has 0 N–H and O–H groups in total. The average Bonchev–Trinajstić information content (AvgIpc) is 2.65. The van der Waals surface area contributed by atoms with Crippen LogP contribution < -0.4 is 37.2 Å². The molecule has 108 valence electrons. The number of hydrogen-bond donors (Lipinski definition) is 0. The maximum absolute atomic E-state index is 2.33. The van der Waals surface area contributed by atoms with Gasteiger partial charge in [0.05, 0.1) is 0 Å². The van der Waals surface area contributed by atoms with Gasteiger partial charge in [0.25, 0.3) is 0 Å². The summed E-state index contributed by atoms with van der Waals surface area (Å²) in [5.41, 5.74) is 4.24. The van der Waals surface area contributed by atoms with E-state index in [1.165, 1.54) is 16.7 Å². The van der Waals surface area contributed by atoms with Crippen molar-refractivity contribution in [2.45, 2.75) is 36.8 Å². The molecule has 20 heavy (non-hydrogen) atoms. The van der Waals surface area contributed by atoms with Crippen LogP contribution in [0.25, 0.3) is 0 Å². The molecule has 0 bridgehead atoms. The Hall–Kier alpha value is 0.284. The fraction of sp³-hybridized carbons (Fsp3) is 0.375. The van der Waals surface area contributed by atoms with Gasteiger partial charge in [0.15, 0.2) is 0 Å². The number of hydrogen-bond acceptors (Lipinski definition) is 0. The SMILES string of the molecule is Cc1cc(C)cc(C(C)(C)[C]2([Ti+3])C=CC=C2)c1.[Cl-].[Cl-].[Cl-]. The fourth-order valence-electron chi connectivity index (χ4n) is 2.46. The molecule has 1 aromatic rings. The first-order valence-electron chi connectivity index (χ1n) is 6.06. The number of benzene rings is 1. The monoisotopic (exact) mass is 364 g/mol. The summed E-state index contributed by atoms with van der Waals surface area (Å²) in [5, 5.41) is 0. The molecule has 0 atom stereocenters. The molecule has 0 aliphatic heterocycles. The minimum atomic E-state index is 0. The molecule has 0 unspecified atom stereocenters. The van der Waals surface area contributed by atoms with Crippen molar-refractivity contribution in [1.82, 2.24) is 0 Å². The van der Waals surface area contributed by atoms with E-state index in [0.717, 1.165) is 0 Å². The summed E-state index contributed by atoms with van der Waals surface area (Å²) in [6.45, 7) is 9.02. The van der Waals surface area contributed by atoms with Crippen LogP contribution in [0.5, 0.6) is 0 Å². The van der Waals surface area contributed by atoms with Crippen LogP contribution in [0.3, 0.4) is 0 Å². The molecular weight excluding hydrogens is 346 g/mol. The maximum Gasteiger partial charge on any atom is -1.00 e. The van der Waals surface area contributed by atoms with Crippen LogP contribution in [0, 0.1) is 13.8 Å². The second-order valence-corrected chi connectivity index (χ2v) is 6.88. The number of rotatable bonds is 2. The van der Waals surface area contributed by atoms with Crippen LogP contribution >= 0.6 is 0 Å². The summed E-state index contributed by atoms with van der Waals surface area (Å²) in [6.07, 6.45) is 8.93. The third-order valence-electron chi connectivity index (χ3n) is 3.81. The van der Waals surface area contributed by atoms with Gasteiger partial charge in [-0.25, -0.2) is 0 Å². The minimum Gasteiger partial charge on any atom is -1.00 e. The molecule has 0 saturated carbocycles. The van der Waals surface area contributed by atoms with Gasteiger partial charge < -0.3 is 37.2 Å². The van der Waals surface area contributed by atoms with E-state index in [0.29, 0.717) is 0 Å². The van der Waals surface area contributed by atoms with Crippen molar-refractivity contribution in [3.63, 3.8) is 0 Å². The zero-order valence-electron chi connectivity index (χ0n) is 12.2. The Morgan fingerprint density at radius 2 is 1.25 bits per heavy atom. The molecule has 0 fully saturated rings. The van der Waals surface area contributed by atoms with Crippen molar-refractivity contribution in [3.8, 4) is 0 Å². The summed E-state index contributed by atoms with van der Waals surface area (Å²) in [7, 11) is 0. The van der Waals surface area contributed by atoms with Gasteiger partial charge >= 0.3 is 116 Å². The third kappa shape index (κ3) is 4.15. The predicted octanol–water partition coefficient (Wildman–Crippen LogP) is -4.58. The van der Waals surface area contributed by atoms with E-state index in [9.17, 15) is 0 Å². The van der Waals surface area contributed by atoms with Crippen molar-refractivity contribution in [1.29, 1.82) is 0 Å². The molecule has 0 radical (unpaired) electrons. The third-order valence-corrected chi connectivity index (χ3v) is 5.30. The summed E-state index contributed by atoms with van der Waals surface area (Å²) in [6, 6.07) is 6.87. The van der Waals surface area contributed by atoms with Gasteiger partial charge in [-0.05, 0) is 0 Å². The Bertz CT molecular complexity index is 472. The molecular formula is C16H19Cl3Ti. The van der Waals surface area contributed by atoms with Gasteiger partial charge in [-0.15, -0.1) is 0 Å². The number of halogens is 3. The van der Waals surface area contributed by atoms with Crippen LogP contribution in [0.15, 0.2) is 42.5 Å². The first-order chi connectivity index (χ1) is 7.85. The van der Waals surface area contributed by atoms with E-state index in [2.05, 4.69) is 90.6 Å². The van der Waals surface area contributed by atoms with Crippen LogP contribution in [0.2, 0.25) is 3.72 Å². The Balaban J connectivity index is 0. The van der Waals surface area contributed by atoms with E-state index in [4.69, 9.17) is 0 Å². The molecule has 1 aromatic carbocycles. The van der Waals surface area contributed by atoms with Crippen molar-refractivity contribution < 1.29 is 57.7 Å². The van der Waals surface area contributed by atoms with Crippen LogP contribution in [-0.4, -0.2) is 0 Å². The second-order valence-electron chi connectivity index (χ2n) is 5.59. The van der Waals surface area contributed by atoms with Gasteiger partial charge in [-0.2, -0.15) is 0 Å². The fourth-order valence-corrected chi connectivity index (χ4v) is 2.99. The number of allylic oxidation sites excluding steroid dienone is 4. The topological polar surface area (TPSA) is 0 Å². The molecule has 1 aliphatic rings. The molecule has 0 amide bonds. The van der Waals surface area contributed by atoms with Crippen LogP contribution in [0.4, 0.5) is 0 Å². The minimum absolute atomic E-state index is 0. The number of aryl methyl sites for hydroxylation is 2. The zero-order valence-corrected chi connectivity index (χ0v) is 16.0.